The van der Waals surface area contributed by atoms with Gasteiger partial charge in [0.25, 0.3) is 5.91 Å². The predicted molar refractivity (Wildman–Crippen MR) is 137 cm³/mol. The smallest absolute Gasteiger partial charge is 0.286 e. The molecule has 0 saturated carbocycles. The van der Waals surface area contributed by atoms with E-state index in [1.807, 2.05) is 0 Å². The van der Waals surface area contributed by atoms with E-state index in [9.17, 15) is 4.79 Å². The number of hydrogen-bond donors (Lipinski definition) is 2. The van der Waals surface area contributed by atoms with Gasteiger partial charge >= 0.3 is 0 Å². The number of anilines is 1. The van der Waals surface area contributed by atoms with E-state index < -0.39 is 11.5 Å². The lowest BCUT2D eigenvalue weighted by Crippen LogP contribution is -2.47. The lowest BCUT2D eigenvalue weighted by molar-refractivity contribution is 0.000383. The molecule has 2 aliphatic heterocycles. The minimum atomic E-state index is -0.620. The quantitative estimate of drug-likeness (QED) is 0.682. The van der Waals surface area contributed by atoms with Crippen LogP contribution in [0.25, 0.3) is 0 Å². The Morgan fingerprint density at radius 2 is 2.09 bits per heavy atom. The minimum Gasteiger partial charge on any atom is -0.466 e. The molecule has 3 N–H and O–H groups in total. The van der Waals surface area contributed by atoms with Gasteiger partial charge in [0.05, 0.1) is 5.56 Å². The third kappa shape index (κ3) is 4.38. The summed E-state index contributed by atoms with van der Waals surface area (Å²) < 4.78 is 6.96. The number of nitrogens with two attached hydrogens (primary N) is 1. The van der Waals surface area contributed by atoms with Crippen LogP contribution < -0.4 is 20.7 Å². The molecule has 1 aliphatic carbocycles. The number of piperazine rings is 1. The van der Waals surface area contributed by atoms with Gasteiger partial charge in [-0.1, -0.05) is 25.1 Å². The minimum absolute atomic E-state index is 0.0363. The summed E-state index contributed by atoms with van der Waals surface area (Å²) in [5, 5.41) is 3.41. The van der Waals surface area contributed by atoms with Crippen LogP contribution in [-0.2, 0) is 12.0 Å². The number of aryl methyl sites for hydroxylation is 2. The Morgan fingerprint density at radius 3 is 2.80 bits per heavy atom. The molecule has 8 heteroatoms. The Bertz CT molecular complexity index is 1110. The molecule has 0 radical (unpaired) electrons. The summed E-state index contributed by atoms with van der Waals surface area (Å²) in [6.07, 6.45) is 3.95. The number of nitrogens with one attached hydrogen (secondary N) is 1. The first-order valence-corrected chi connectivity index (χ1v) is 12.9. The number of carbonyl (C=O) groups is 1. The van der Waals surface area contributed by atoms with E-state index in [2.05, 4.69) is 66.2 Å². The number of nitrogens with zero attached hydrogens (tertiary/aromatic N) is 4. The van der Waals surface area contributed by atoms with Crippen LogP contribution in [0.1, 0.15) is 65.0 Å². The molecule has 188 valence electrons. The highest BCUT2D eigenvalue weighted by Crippen LogP contribution is 2.54. The SMILES string of the molecule is Cc1cccc2c1C1(CCC2)CC(C(C)CN(C)C)c2c(nc(C(N)=O)nc2N2CCNCC2)O1. The van der Waals surface area contributed by atoms with Crippen LogP contribution in [0.5, 0.6) is 5.88 Å². The number of rotatable bonds is 5. The summed E-state index contributed by atoms with van der Waals surface area (Å²) in [6, 6.07) is 6.57. The van der Waals surface area contributed by atoms with Gasteiger partial charge in [-0.3, -0.25) is 4.79 Å². The van der Waals surface area contributed by atoms with Crippen molar-refractivity contribution >= 4 is 11.7 Å². The molecule has 3 atom stereocenters. The first-order chi connectivity index (χ1) is 16.8. The van der Waals surface area contributed by atoms with Crippen LogP contribution in [0, 0.1) is 12.8 Å². The summed E-state index contributed by atoms with van der Waals surface area (Å²) >= 11 is 0. The van der Waals surface area contributed by atoms with Crippen LogP contribution in [-0.4, -0.2) is 67.6 Å². The molecule has 1 aromatic heterocycles. The maximum Gasteiger partial charge on any atom is 0.286 e. The van der Waals surface area contributed by atoms with Crippen molar-refractivity contribution in [1.29, 1.82) is 0 Å². The standard InChI is InChI=1S/C27H38N6O2/c1-17-7-5-8-19-9-6-10-27(22(17)19)15-20(18(2)16-32(3)4)21-25(33-13-11-29-12-14-33)30-24(23(28)34)31-26(21)35-27/h5,7-8,18,20,29H,6,9-16H2,1-4H3,(H2,28,34). The Labute approximate surface area is 208 Å². The van der Waals surface area contributed by atoms with Crippen molar-refractivity contribution in [3.05, 3.63) is 46.3 Å². The zero-order valence-electron chi connectivity index (χ0n) is 21.4. The van der Waals surface area contributed by atoms with Crippen molar-refractivity contribution in [2.45, 2.75) is 51.0 Å². The molecular weight excluding hydrogens is 440 g/mol. The second-order valence-electron chi connectivity index (χ2n) is 10.8. The van der Waals surface area contributed by atoms with Crippen LogP contribution >= 0.6 is 0 Å². The number of carbonyl (C=O) groups excluding carboxylic acids is 1. The van der Waals surface area contributed by atoms with Crippen LogP contribution in [0.15, 0.2) is 18.2 Å². The van der Waals surface area contributed by atoms with Gasteiger partial charge in [-0.2, -0.15) is 4.98 Å². The van der Waals surface area contributed by atoms with Gasteiger partial charge < -0.3 is 25.6 Å². The highest BCUT2D eigenvalue weighted by Gasteiger charge is 2.49. The molecule has 3 aliphatic rings. The topological polar surface area (TPSA) is 96.6 Å². The number of ether oxygens (including phenoxy) is 1. The highest BCUT2D eigenvalue weighted by molar-refractivity contribution is 5.89. The lowest BCUT2D eigenvalue weighted by atomic mass is 9.68. The number of benzene rings is 1. The van der Waals surface area contributed by atoms with Gasteiger partial charge in [0.2, 0.25) is 11.7 Å². The Hall–Kier alpha value is -2.71. The molecule has 1 fully saturated rings. The van der Waals surface area contributed by atoms with E-state index in [0.29, 0.717) is 11.8 Å². The van der Waals surface area contributed by atoms with Gasteiger partial charge in [0.1, 0.15) is 11.4 Å². The maximum absolute atomic E-state index is 12.3. The van der Waals surface area contributed by atoms with Crippen molar-refractivity contribution in [3.63, 3.8) is 0 Å². The maximum atomic E-state index is 12.3. The van der Waals surface area contributed by atoms with E-state index in [1.165, 1.54) is 16.7 Å². The van der Waals surface area contributed by atoms with Gasteiger partial charge in [-0.25, -0.2) is 4.98 Å². The molecule has 1 aromatic carbocycles. The third-order valence-corrected chi connectivity index (χ3v) is 7.92. The van der Waals surface area contributed by atoms with E-state index in [0.717, 1.165) is 69.8 Å². The fourth-order valence-electron chi connectivity index (χ4n) is 6.53. The lowest BCUT2D eigenvalue weighted by Gasteiger charge is -2.48. The molecule has 8 nitrogen and oxygen atoms in total. The third-order valence-electron chi connectivity index (χ3n) is 7.92. The average molecular weight is 479 g/mol. The first kappa shape index (κ1) is 24.0. The number of fused-ring (bicyclic) bond motifs is 3. The molecule has 35 heavy (non-hydrogen) atoms. The zero-order chi connectivity index (χ0) is 24.7. The van der Waals surface area contributed by atoms with Crippen molar-refractivity contribution in [3.8, 4) is 5.88 Å². The number of primary amides is 1. The van der Waals surface area contributed by atoms with Crippen LogP contribution in [0.4, 0.5) is 5.82 Å². The fraction of sp³-hybridized carbons (Fsp3) is 0.593. The van der Waals surface area contributed by atoms with Gasteiger partial charge in [-0.05, 0) is 63.7 Å². The van der Waals surface area contributed by atoms with E-state index in [4.69, 9.17) is 15.5 Å². The van der Waals surface area contributed by atoms with Crippen molar-refractivity contribution in [2.75, 3.05) is 51.7 Å². The largest absolute Gasteiger partial charge is 0.466 e. The predicted octanol–water partition coefficient (Wildman–Crippen LogP) is 2.59. The second-order valence-corrected chi connectivity index (χ2v) is 10.8. The molecule has 5 rings (SSSR count). The summed E-state index contributed by atoms with van der Waals surface area (Å²) in [4.78, 5) is 26.2. The monoisotopic (exact) mass is 478 g/mol. The summed E-state index contributed by atoms with van der Waals surface area (Å²) in [5.41, 5.74) is 10.2. The van der Waals surface area contributed by atoms with Crippen LogP contribution in [0.3, 0.4) is 0 Å². The zero-order valence-corrected chi connectivity index (χ0v) is 21.4. The summed E-state index contributed by atoms with van der Waals surface area (Å²) in [5.74, 6) is 1.32. The molecule has 1 amide bonds. The Kier molecular flexibility index (Phi) is 6.44. The second kappa shape index (κ2) is 9.39. The number of aromatic nitrogens is 2. The fourth-order valence-corrected chi connectivity index (χ4v) is 6.53. The first-order valence-electron chi connectivity index (χ1n) is 12.9. The van der Waals surface area contributed by atoms with E-state index in [-0.39, 0.29) is 11.7 Å². The summed E-state index contributed by atoms with van der Waals surface area (Å²) in [7, 11) is 4.24. The molecule has 3 unspecified atom stereocenters. The van der Waals surface area contributed by atoms with Crippen molar-refractivity contribution < 1.29 is 9.53 Å². The molecule has 1 spiro atoms. The van der Waals surface area contributed by atoms with E-state index >= 15 is 0 Å². The highest BCUT2D eigenvalue weighted by atomic mass is 16.5. The van der Waals surface area contributed by atoms with E-state index in [1.54, 1.807) is 0 Å². The number of hydrogen-bond acceptors (Lipinski definition) is 7. The Balaban J connectivity index is 1.71. The molecule has 3 heterocycles. The van der Waals surface area contributed by atoms with Crippen molar-refractivity contribution in [1.82, 2.24) is 20.2 Å². The average Bonchev–Trinajstić information content (AvgIpc) is 2.83. The molecule has 1 saturated heterocycles. The molecule has 0 bridgehead atoms. The normalized spacial score (nSPS) is 24.6. The van der Waals surface area contributed by atoms with Gasteiger partial charge in [0, 0.05) is 44.2 Å². The summed E-state index contributed by atoms with van der Waals surface area (Å²) in [6.45, 7) is 8.84. The van der Waals surface area contributed by atoms with Gasteiger partial charge in [0.15, 0.2) is 0 Å². The van der Waals surface area contributed by atoms with Crippen molar-refractivity contribution in [2.24, 2.45) is 11.7 Å². The Morgan fingerprint density at radius 1 is 1.31 bits per heavy atom. The molecule has 2 aromatic rings. The molecular formula is C27H38N6O2. The van der Waals surface area contributed by atoms with Gasteiger partial charge in [-0.15, -0.1) is 0 Å². The van der Waals surface area contributed by atoms with Crippen LogP contribution in [0.2, 0.25) is 0 Å². The number of amides is 1.